The molecule has 4 nitrogen and oxygen atoms in total. The number of hydrogen-bond donors (Lipinski definition) is 2. The lowest BCUT2D eigenvalue weighted by Gasteiger charge is -2.20. The van der Waals surface area contributed by atoms with E-state index in [0.29, 0.717) is 5.69 Å². The van der Waals surface area contributed by atoms with Gasteiger partial charge in [-0.15, -0.1) is 0 Å². The van der Waals surface area contributed by atoms with E-state index in [1.54, 1.807) is 26.0 Å². The van der Waals surface area contributed by atoms with Crippen molar-refractivity contribution in [3.63, 3.8) is 0 Å². The molecule has 2 N–H and O–H groups in total. The Balaban J connectivity index is 3.12. The first-order valence-corrected chi connectivity index (χ1v) is 4.29. The molecule has 0 amide bonds. The zero-order valence-corrected chi connectivity index (χ0v) is 8.19. The van der Waals surface area contributed by atoms with Crippen LogP contribution in [0.5, 0.6) is 0 Å². The van der Waals surface area contributed by atoms with E-state index in [4.69, 9.17) is 10.2 Å². The van der Waals surface area contributed by atoms with Crippen molar-refractivity contribution < 1.29 is 15.0 Å². The van der Waals surface area contributed by atoms with Crippen molar-refractivity contribution >= 4 is 5.97 Å². The van der Waals surface area contributed by atoms with Crippen molar-refractivity contribution in [1.29, 1.82) is 0 Å². The number of aromatic carboxylic acids is 1. The number of aromatic nitrogens is 1. The molecule has 0 aliphatic heterocycles. The Bertz CT molecular complexity index is 347. The first-order valence-electron chi connectivity index (χ1n) is 4.29. The highest BCUT2D eigenvalue weighted by Gasteiger charge is 2.21. The number of hydrogen-bond acceptors (Lipinski definition) is 3. The van der Waals surface area contributed by atoms with E-state index in [1.165, 1.54) is 6.07 Å². The summed E-state index contributed by atoms with van der Waals surface area (Å²) < 4.78 is 0. The van der Waals surface area contributed by atoms with Gasteiger partial charge in [0.1, 0.15) is 5.69 Å². The predicted molar refractivity (Wildman–Crippen MR) is 51.3 cm³/mol. The number of carbonyl (C=O) groups is 1. The average Bonchev–Trinajstić information content (AvgIpc) is 2.18. The molecule has 0 saturated heterocycles. The molecule has 4 heteroatoms. The number of rotatable bonds is 3. The number of carboxylic acid groups (broad SMARTS) is 1. The smallest absolute Gasteiger partial charge is 0.354 e. The molecule has 0 aliphatic rings. The summed E-state index contributed by atoms with van der Waals surface area (Å²) in [4.78, 5) is 14.6. The molecule has 1 heterocycles. The van der Waals surface area contributed by atoms with Crippen molar-refractivity contribution in [1.82, 2.24) is 4.98 Å². The van der Waals surface area contributed by atoms with E-state index in [0.717, 1.165) is 0 Å². The first kappa shape index (κ1) is 10.7. The van der Waals surface area contributed by atoms with Crippen LogP contribution in [0, 0.1) is 0 Å². The molecule has 0 aromatic carbocycles. The second kappa shape index (κ2) is 3.75. The van der Waals surface area contributed by atoms with Gasteiger partial charge in [0.25, 0.3) is 0 Å². The number of nitrogens with zero attached hydrogens (tertiary/aromatic N) is 1. The summed E-state index contributed by atoms with van der Waals surface area (Å²) in [6.07, 6.45) is 0. The van der Waals surface area contributed by atoms with Gasteiger partial charge >= 0.3 is 5.97 Å². The van der Waals surface area contributed by atoms with Crippen molar-refractivity contribution in [2.75, 3.05) is 6.61 Å². The molecule has 14 heavy (non-hydrogen) atoms. The monoisotopic (exact) mass is 195 g/mol. The van der Waals surface area contributed by atoms with Crippen LogP contribution >= 0.6 is 0 Å². The first-order chi connectivity index (χ1) is 6.47. The molecule has 1 aromatic rings. The van der Waals surface area contributed by atoms with Gasteiger partial charge in [-0.3, -0.25) is 0 Å². The number of carboxylic acids is 1. The van der Waals surface area contributed by atoms with Crippen molar-refractivity contribution in [3.8, 4) is 0 Å². The molecule has 1 aromatic heterocycles. The maximum absolute atomic E-state index is 10.6. The van der Waals surface area contributed by atoms with Gasteiger partial charge in [-0.1, -0.05) is 19.9 Å². The normalized spacial score (nSPS) is 11.4. The summed E-state index contributed by atoms with van der Waals surface area (Å²) in [5, 5.41) is 17.8. The van der Waals surface area contributed by atoms with Crippen LogP contribution in [0.15, 0.2) is 18.2 Å². The number of pyridine rings is 1. The molecule has 0 fully saturated rings. The third kappa shape index (κ3) is 2.09. The largest absolute Gasteiger partial charge is 0.477 e. The lowest BCUT2D eigenvalue weighted by molar-refractivity contribution is 0.0689. The maximum atomic E-state index is 10.6. The Kier molecular flexibility index (Phi) is 2.86. The fourth-order valence-electron chi connectivity index (χ4n) is 1.01. The molecule has 0 unspecified atom stereocenters. The quantitative estimate of drug-likeness (QED) is 0.756. The zero-order valence-electron chi connectivity index (χ0n) is 8.19. The summed E-state index contributed by atoms with van der Waals surface area (Å²) in [6, 6.07) is 4.77. The summed E-state index contributed by atoms with van der Waals surface area (Å²) in [5.74, 6) is -1.06. The van der Waals surface area contributed by atoms with Crippen molar-refractivity contribution in [2.45, 2.75) is 19.3 Å². The molecule has 76 valence electrons. The second-order valence-electron chi connectivity index (χ2n) is 3.76. The van der Waals surface area contributed by atoms with Crippen LogP contribution in [0.1, 0.15) is 30.0 Å². The maximum Gasteiger partial charge on any atom is 0.354 e. The highest BCUT2D eigenvalue weighted by atomic mass is 16.4. The minimum atomic E-state index is -1.06. The summed E-state index contributed by atoms with van der Waals surface area (Å²) >= 11 is 0. The van der Waals surface area contributed by atoms with Crippen LogP contribution in [-0.2, 0) is 5.41 Å². The van der Waals surface area contributed by atoms with Gasteiger partial charge in [-0.25, -0.2) is 9.78 Å². The van der Waals surface area contributed by atoms with Crippen LogP contribution < -0.4 is 0 Å². The molecule has 0 radical (unpaired) electrons. The second-order valence-corrected chi connectivity index (χ2v) is 3.76. The highest BCUT2D eigenvalue weighted by Crippen LogP contribution is 2.20. The summed E-state index contributed by atoms with van der Waals surface area (Å²) in [6.45, 7) is 3.55. The van der Waals surface area contributed by atoms with Crippen LogP contribution in [-0.4, -0.2) is 27.8 Å². The fourth-order valence-corrected chi connectivity index (χ4v) is 1.01. The van der Waals surface area contributed by atoms with E-state index < -0.39 is 11.4 Å². The topological polar surface area (TPSA) is 70.4 Å². The molecule has 0 bridgehead atoms. The van der Waals surface area contributed by atoms with Crippen LogP contribution in [0.25, 0.3) is 0 Å². The molecule has 0 aliphatic carbocycles. The van der Waals surface area contributed by atoms with Gasteiger partial charge in [0.15, 0.2) is 0 Å². The highest BCUT2D eigenvalue weighted by molar-refractivity contribution is 5.85. The Morgan fingerprint density at radius 1 is 1.50 bits per heavy atom. The van der Waals surface area contributed by atoms with Gasteiger partial charge < -0.3 is 10.2 Å². The van der Waals surface area contributed by atoms with Crippen LogP contribution in [0.3, 0.4) is 0 Å². The molecule has 1 rings (SSSR count). The van der Waals surface area contributed by atoms with Gasteiger partial charge in [-0.05, 0) is 12.1 Å². The summed E-state index contributed by atoms with van der Waals surface area (Å²) in [7, 11) is 0. The van der Waals surface area contributed by atoms with E-state index in [-0.39, 0.29) is 12.3 Å². The van der Waals surface area contributed by atoms with E-state index in [2.05, 4.69) is 4.98 Å². The fraction of sp³-hybridized carbons (Fsp3) is 0.400. The lowest BCUT2D eigenvalue weighted by atomic mass is 9.90. The van der Waals surface area contributed by atoms with Crippen molar-refractivity contribution in [3.05, 3.63) is 29.6 Å². The van der Waals surface area contributed by atoms with Crippen molar-refractivity contribution in [2.24, 2.45) is 0 Å². The minimum absolute atomic E-state index is 0.00373. The molecule has 0 spiro atoms. The Morgan fingerprint density at radius 2 is 2.14 bits per heavy atom. The molecular formula is C10H13NO3. The molecule has 0 atom stereocenters. The van der Waals surface area contributed by atoms with Gasteiger partial charge in [0.2, 0.25) is 0 Å². The van der Waals surface area contributed by atoms with Gasteiger partial charge in [-0.2, -0.15) is 0 Å². The molecule has 0 saturated carbocycles. The number of aliphatic hydroxyl groups is 1. The Labute approximate surface area is 82.2 Å². The zero-order chi connectivity index (χ0) is 10.8. The molecular weight excluding hydrogens is 182 g/mol. The van der Waals surface area contributed by atoms with Gasteiger partial charge in [0, 0.05) is 11.1 Å². The standard InChI is InChI=1S/C10H13NO3/c1-10(2,6-12)8-5-3-4-7(11-8)9(13)14/h3-5,12H,6H2,1-2H3,(H,13,14). The van der Waals surface area contributed by atoms with E-state index in [9.17, 15) is 4.79 Å². The average molecular weight is 195 g/mol. The third-order valence-corrected chi connectivity index (χ3v) is 2.06. The summed E-state index contributed by atoms with van der Waals surface area (Å²) in [5.41, 5.74) is 0.0785. The van der Waals surface area contributed by atoms with Crippen LogP contribution in [0.2, 0.25) is 0 Å². The van der Waals surface area contributed by atoms with E-state index in [1.807, 2.05) is 0 Å². The SMILES string of the molecule is CC(C)(CO)c1cccc(C(=O)O)n1. The van der Waals surface area contributed by atoms with Gasteiger partial charge in [0.05, 0.1) is 6.61 Å². The Morgan fingerprint density at radius 3 is 2.64 bits per heavy atom. The minimum Gasteiger partial charge on any atom is -0.477 e. The number of aliphatic hydroxyl groups excluding tert-OH is 1. The van der Waals surface area contributed by atoms with E-state index >= 15 is 0 Å². The third-order valence-electron chi connectivity index (χ3n) is 2.06. The predicted octanol–water partition coefficient (Wildman–Crippen LogP) is 1.05. The lowest BCUT2D eigenvalue weighted by Crippen LogP contribution is -2.24. The Hall–Kier alpha value is -1.42. The van der Waals surface area contributed by atoms with Crippen LogP contribution in [0.4, 0.5) is 0 Å².